The van der Waals surface area contributed by atoms with E-state index in [1.807, 2.05) is 12.1 Å². The van der Waals surface area contributed by atoms with Gasteiger partial charge in [-0.1, -0.05) is 26.0 Å². The van der Waals surface area contributed by atoms with Gasteiger partial charge in [0.05, 0.1) is 13.2 Å². The van der Waals surface area contributed by atoms with E-state index in [1.54, 1.807) is 7.11 Å². The highest BCUT2D eigenvalue weighted by Crippen LogP contribution is 2.35. The highest BCUT2D eigenvalue weighted by atomic mass is 16.5. The number of nitrogens with one attached hydrogen (secondary N) is 1. The smallest absolute Gasteiger partial charge is 0.119 e. The van der Waals surface area contributed by atoms with Gasteiger partial charge >= 0.3 is 0 Å². The maximum absolute atomic E-state index is 5.91. The Bertz CT molecular complexity index is 392. The Labute approximate surface area is 116 Å². The van der Waals surface area contributed by atoms with Crippen LogP contribution in [0.4, 0.5) is 0 Å². The average molecular weight is 263 g/mol. The van der Waals surface area contributed by atoms with E-state index in [2.05, 4.69) is 31.3 Å². The van der Waals surface area contributed by atoms with Crippen LogP contribution in [-0.2, 0) is 4.74 Å². The molecule has 106 valence electrons. The molecule has 1 heterocycles. The summed E-state index contributed by atoms with van der Waals surface area (Å²) in [6.07, 6.45) is 1.34. The van der Waals surface area contributed by atoms with Gasteiger partial charge in [-0.05, 0) is 36.6 Å². The van der Waals surface area contributed by atoms with Crippen LogP contribution in [-0.4, -0.2) is 26.8 Å². The second-order valence-corrected chi connectivity index (χ2v) is 5.67. The molecule has 0 amide bonds. The van der Waals surface area contributed by atoms with Gasteiger partial charge in [-0.15, -0.1) is 0 Å². The summed E-state index contributed by atoms with van der Waals surface area (Å²) in [5.41, 5.74) is 1.23. The van der Waals surface area contributed by atoms with Crippen LogP contribution in [0, 0.1) is 11.8 Å². The molecule has 2 unspecified atom stereocenters. The molecule has 1 aromatic carbocycles. The Morgan fingerprint density at radius 3 is 3.00 bits per heavy atom. The predicted octanol–water partition coefficient (Wildman–Crippen LogP) is 3.02. The number of benzene rings is 1. The second kappa shape index (κ2) is 6.92. The molecule has 2 atom stereocenters. The van der Waals surface area contributed by atoms with Crippen molar-refractivity contribution in [2.24, 2.45) is 11.8 Å². The lowest BCUT2D eigenvalue weighted by Gasteiger charge is -2.20. The van der Waals surface area contributed by atoms with Crippen molar-refractivity contribution in [2.45, 2.75) is 26.4 Å². The minimum absolute atomic E-state index is 0.203. The fourth-order valence-corrected chi connectivity index (χ4v) is 2.59. The Balaban J connectivity index is 1.97. The van der Waals surface area contributed by atoms with Crippen LogP contribution >= 0.6 is 0 Å². The van der Waals surface area contributed by atoms with Crippen LogP contribution in [0.15, 0.2) is 24.3 Å². The van der Waals surface area contributed by atoms with Gasteiger partial charge in [-0.25, -0.2) is 0 Å². The van der Waals surface area contributed by atoms with Crippen LogP contribution in [0.3, 0.4) is 0 Å². The third kappa shape index (κ3) is 3.95. The lowest BCUT2D eigenvalue weighted by molar-refractivity contribution is 0.0902. The molecule has 0 spiro atoms. The van der Waals surface area contributed by atoms with E-state index >= 15 is 0 Å². The van der Waals surface area contributed by atoms with Crippen molar-refractivity contribution in [1.82, 2.24) is 5.32 Å². The maximum atomic E-state index is 5.91. The lowest BCUT2D eigenvalue weighted by Crippen LogP contribution is -2.27. The Morgan fingerprint density at radius 1 is 1.42 bits per heavy atom. The van der Waals surface area contributed by atoms with Crippen LogP contribution in [0.5, 0.6) is 5.75 Å². The predicted molar refractivity (Wildman–Crippen MR) is 77.5 cm³/mol. The highest BCUT2D eigenvalue weighted by Gasteiger charge is 2.29. The first-order valence-electron chi connectivity index (χ1n) is 7.17. The highest BCUT2D eigenvalue weighted by molar-refractivity contribution is 5.30. The first-order chi connectivity index (χ1) is 9.20. The van der Waals surface area contributed by atoms with Crippen LogP contribution in [0.1, 0.15) is 31.9 Å². The lowest BCUT2D eigenvalue weighted by atomic mass is 9.95. The van der Waals surface area contributed by atoms with E-state index < -0.39 is 0 Å². The third-order valence-electron chi connectivity index (χ3n) is 3.60. The molecule has 19 heavy (non-hydrogen) atoms. The molecule has 0 radical (unpaired) electrons. The monoisotopic (exact) mass is 263 g/mol. The molecular formula is C16H25NO2. The number of hydrogen-bond acceptors (Lipinski definition) is 3. The zero-order chi connectivity index (χ0) is 13.7. The van der Waals surface area contributed by atoms with E-state index in [0.29, 0.717) is 11.8 Å². The van der Waals surface area contributed by atoms with Crippen LogP contribution in [0.2, 0.25) is 0 Å². The Hall–Kier alpha value is -1.06. The summed E-state index contributed by atoms with van der Waals surface area (Å²) in [7, 11) is 1.70. The van der Waals surface area contributed by atoms with Crippen molar-refractivity contribution in [3.63, 3.8) is 0 Å². The van der Waals surface area contributed by atoms with Crippen LogP contribution in [0.25, 0.3) is 0 Å². The normalized spacial score (nSPS) is 22.9. The van der Waals surface area contributed by atoms with Gasteiger partial charge in [0.15, 0.2) is 0 Å². The summed E-state index contributed by atoms with van der Waals surface area (Å²) in [4.78, 5) is 0. The molecule has 1 N–H and O–H groups in total. The molecule has 1 aliphatic heterocycles. The standard InChI is InChI=1S/C16H25NO2/c1-12(2)10-17-11-14-7-8-19-16(14)13-5-4-6-15(9-13)18-3/h4-6,9,12,14,16-17H,7-8,10-11H2,1-3H3. The first kappa shape index (κ1) is 14.4. The van der Waals surface area contributed by atoms with E-state index in [-0.39, 0.29) is 6.10 Å². The number of ether oxygens (including phenoxy) is 2. The van der Waals surface area contributed by atoms with Gasteiger partial charge in [-0.3, -0.25) is 0 Å². The molecule has 0 saturated carbocycles. The first-order valence-corrected chi connectivity index (χ1v) is 7.17. The summed E-state index contributed by atoms with van der Waals surface area (Å²) in [6, 6.07) is 8.23. The van der Waals surface area contributed by atoms with Crippen molar-refractivity contribution in [2.75, 3.05) is 26.8 Å². The van der Waals surface area contributed by atoms with Crippen molar-refractivity contribution in [3.05, 3.63) is 29.8 Å². The maximum Gasteiger partial charge on any atom is 0.119 e. The molecule has 3 nitrogen and oxygen atoms in total. The molecule has 1 saturated heterocycles. The molecule has 1 aromatic rings. The van der Waals surface area contributed by atoms with Gasteiger partial charge in [0.1, 0.15) is 5.75 Å². The Kier molecular flexibility index (Phi) is 5.23. The van der Waals surface area contributed by atoms with E-state index in [0.717, 1.165) is 31.9 Å². The second-order valence-electron chi connectivity index (χ2n) is 5.67. The summed E-state index contributed by atoms with van der Waals surface area (Å²) >= 11 is 0. The topological polar surface area (TPSA) is 30.5 Å². The van der Waals surface area contributed by atoms with E-state index in [4.69, 9.17) is 9.47 Å². The number of methoxy groups -OCH3 is 1. The van der Waals surface area contributed by atoms with Crippen molar-refractivity contribution in [3.8, 4) is 5.75 Å². The molecule has 3 heteroatoms. The van der Waals surface area contributed by atoms with E-state index in [1.165, 1.54) is 5.56 Å². The van der Waals surface area contributed by atoms with Gasteiger partial charge < -0.3 is 14.8 Å². The zero-order valence-corrected chi connectivity index (χ0v) is 12.2. The molecule has 0 aromatic heterocycles. The van der Waals surface area contributed by atoms with Gasteiger partial charge in [-0.2, -0.15) is 0 Å². The minimum Gasteiger partial charge on any atom is -0.497 e. The molecular weight excluding hydrogens is 238 g/mol. The fourth-order valence-electron chi connectivity index (χ4n) is 2.59. The SMILES string of the molecule is COc1cccc(C2OCCC2CNCC(C)C)c1. The van der Waals surface area contributed by atoms with E-state index in [9.17, 15) is 0 Å². The van der Waals surface area contributed by atoms with Gasteiger partial charge in [0.2, 0.25) is 0 Å². The number of hydrogen-bond donors (Lipinski definition) is 1. The van der Waals surface area contributed by atoms with Gasteiger partial charge in [0.25, 0.3) is 0 Å². The Morgan fingerprint density at radius 2 is 2.26 bits per heavy atom. The molecule has 2 rings (SSSR count). The fraction of sp³-hybridized carbons (Fsp3) is 0.625. The summed E-state index contributed by atoms with van der Waals surface area (Å²) in [6.45, 7) is 7.42. The molecule has 0 bridgehead atoms. The summed E-state index contributed by atoms with van der Waals surface area (Å²) < 4.78 is 11.2. The molecule has 0 aliphatic carbocycles. The summed E-state index contributed by atoms with van der Waals surface area (Å²) in [5, 5.41) is 3.54. The third-order valence-corrected chi connectivity index (χ3v) is 3.60. The van der Waals surface area contributed by atoms with Crippen molar-refractivity contribution in [1.29, 1.82) is 0 Å². The minimum atomic E-state index is 0.203. The van der Waals surface area contributed by atoms with Crippen molar-refractivity contribution < 1.29 is 9.47 Å². The molecule has 1 fully saturated rings. The quantitative estimate of drug-likeness (QED) is 0.856. The summed E-state index contributed by atoms with van der Waals surface area (Å²) in [5.74, 6) is 2.16. The largest absolute Gasteiger partial charge is 0.497 e. The van der Waals surface area contributed by atoms with Crippen LogP contribution < -0.4 is 10.1 Å². The zero-order valence-electron chi connectivity index (χ0n) is 12.2. The average Bonchev–Trinajstić information content (AvgIpc) is 2.87. The van der Waals surface area contributed by atoms with Crippen molar-refractivity contribution >= 4 is 0 Å². The molecule has 1 aliphatic rings. The number of rotatable bonds is 6. The van der Waals surface area contributed by atoms with Gasteiger partial charge in [0, 0.05) is 19.1 Å².